The Morgan fingerprint density at radius 2 is 2.24 bits per heavy atom. The molecule has 110 valence electrons. The van der Waals surface area contributed by atoms with Gasteiger partial charge in [0.1, 0.15) is 4.88 Å². The number of aryl methyl sites for hydroxylation is 1. The van der Waals surface area contributed by atoms with Gasteiger partial charge in [0.2, 0.25) is 0 Å². The van der Waals surface area contributed by atoms with E-state index in [2.05, 4.69) is 14.9 Å². The van der Waals surface area contributed by atoms with E-state index in [1.807, 2.05) is 19.1 Å². The van der Waals surface area contributed by atoms with Crippen molar-refractivity contribution >= 4 is 40.8 Å². The highest BCUT2D eigenvalue weighted by Gasteiger charge is 2.14. The molecule has 0 radical (unpaired) electrons. The van der Waals surface area contributed by atoms with Gasteiger partial charge < -0.3 is 10.4 Å². The van der Waals surface area contributed by atoms with E-state index >= 15 is 0 Å². The van der Waals surface area contributed by atoms with Crippen LogP contribution in [0.5, 0.6) is 0 Å². The standard InChI is InChI=1S/C13H13N3O3S2/c1-2-10-12(21-16-15-10)13(19)14-7-9-4-3-8(20-9)5-6-11(17)18/h3-6H,2,7H2,1H3,(H,14,19)(H,17,18). The maximum atomic E-state index is 12.0. The number of carboxylic acids is 1. The fraction of sp³-hybridized carbons (Fsp3) is 0.231. The van der Waals surface area contributed by atoms with Crippen LogP contribution in [-0.2, 0) is 17.8 Å². The summed E-state index contributed by atoms with van der Waals surface area (Å²) in [7, 11) is 0. The molecule has 0 spiro atoms. The van der Waals surface area contributed by atoms with Crippen LogP contribution >= 0.6 is 22.9 Å². The van der Waals surface area contributed by atoms with E-state index in [9.17, 15) is 9.59 Å². The van der Waals surface area contributed by atoms with Gasteiger partial charge in [-0.25, -0.2) is 4.79 Å². The SMILES string of the molecule is CCc1nnsc1C(=O)NCc1ccc(C=CC(=O)O)s1. The first-order chi connectivity index (χ1) is 10.1. The topological polar surface area (TPSA) is 92.2 Å². The van der Waals surface area contributed by atoms with E-state index in [0.717, 1.165) is 27.4 Å². The van der Waals surface area contributed by atoms with Crippen LogP contribution in [0.3, 0.4) is 0 Å². The van der Waals surface area contributed by atoms with Gasteiger partial charge in [0.25, 0.3) is 5.91 Å². The van der Waals surface area contributed by atoms with Crippen LogP contribution in [0.2, 0.25) is 0 Å². The van der Waals surface area contributed by atoms with Crippen LogP contribution in [-0.4, -0.2) is 26.6 Å². The summed E-state index contributed by atoms with van der Waals surface area (Å²) in [6.45, 7) is 2.32. The van der Waals surface area contributed by atoms with Gasteiger partial charge in [-0.05, 0) is 36.2 Å². The minimum absolute atomic E-state index is 0.183. The van der Waals surface area contributed by atoms with Crippen molar-refractivity contribution < 1.29 is 14.7 Å². The first-order valence-electron chi connectivity index (χ1n) is 6.19. The van der Waals surface area contributed by atoms with Gasteiger partial charge >= 0.3 is 5.97 Å². The molecular weight excluding hydrogens is 310 g/mol. The molecule has 8 heteroatoms. The van der Waals surface area contributed by atoms with Gasteiger partial charge in [-0.15, -0.1) is 16.4 Å². The van der Waals surface area contributed by atoms with Gasteiger partial charge in [0, 0.05) is 15.8 Å². The molecule has 0 aliphatic carbocycles. The molecule has 0 saturated heterocycles. The number of thiophene rings is 1. The Morgan fingerprint density at radius 3 is 2.95 bits per heavy atom. The number of carboxylic acid groups (broad SMARTS) is 1. The summed E-state index contributed by atoms with van der Waals surface area (Å²) in [5.74, 6) is -1.17. The Morgan fingerprint density at radius 1 is 1.43 bits per heavy atom. The van der Waals surface area contributed by atoms with Crippen molar-refractivity contribution in [3.8, 4) is 0 Å². The average molecular weight is 323 g/mol. The summed E-state index contributed by atoms with van der Waals surface area (Å²) in [5.41, 5.74) is 0.703. The van der Waals surface area contributed by atoms with Crippen LogP contribution in [0.25, 0.3) is 6.08 Å². The molecule has 21 heavy (non-hydrogen) atoms. The summed E-state index contributed by atoms with van der Waals surface area (Å²) in [6.07, 6.45) is 3.29. The lowest BCUT2D eigenvalue weighted by Crippen LogP contribution is -2.22. The summed E-state index contributed by atoms with van der Waals surface area (Å²) >= 11 is 2.52. The van der Waals surface area contributed by atoms with Crippen molar-refractivity contribution in [3.63, 3.8) is 0 Å². The van der Waals surface area contributed by atoms with Gasteiger partial charge in [-0.1, -0.05) is 11.4 Å². The summed E-state index contributed by atoms with van der Waals surface area (Å²) in [4.78, 5) is 24.8. The molecule has 2 aromatic rings. The third kappa shape index (κ3) is 4.20. The Kier molecular flexibility index (Phi) is 5.18. The second kappa shape index (κ2) is 7.09. The van der Waals surface area contributed by atoms with E-state index in [0.29, 0.717) is 23.5 Å². The molecule has 0 aliphatic heterocycles. The Labute approximate surface area is 129 Å². The van der Waals surface area contributed by atoms with Crippen LogP contribution in [0, 0.1) is 0 Å². The maximum Gasteiger partial charge on any atom is 0.328 e. The largest absolute Gasteiger partial charge is 0.478 e. The van der Waals surface area contributed by atoms with Gasteiger partial charge in [0.15, 0.2) is 0 Å². The number of carbonyl (C=O) groups is 2. The molecule has 1 amide bonds. The molecule has 0 unspecified atom stereocenters. The number of nitrogens with one attached hydrogen (secondary N) is 1. The van der Waals surface area contributed by atoms with Crippen molar-refractivity contribution in [1.82, 2.24) is 14.9 Å². The minimum atomic E-state index is -0.983. The van der Waals surface area contributed by atoms with Gasteiger partial charge in [-0.3, -0.25) is 4.79 Å². The van der Waals surface area contributed by atoms with Crippen LogP contribution in [0.1, 0.15) is 32.0 Å². The second-order valence-corrected chi connectivity index (χ2v) is 6.01. The predicted octanol–water partition coefficient (Wildman–Crippen LogP) is 2.19. The third-order valence-electron chi connectivity index (χ3n) is 2.59. The number of nitrogens with zero attached hydrogens (tertiary/aromatic N) is 2. The summed E-state index contributed by atoms with van der Waals surface area (Å²) in [6, 6.07) is 3.68. The lowest BCUT2D eigenvalue weighted by Gasteiger charge is -2.01. The molecule has 0 saturated carbocycles. The molecule has 0 aliphatic rings. The van der Waals surface area contributed by atoms with Crippen LogP contribution in [0.15, 0.2) is 18.2 Å². The summed E-state index contributed by atoms with van der Waals surface area (Å²) in [5, 5.41) is 15.3. The highest BCUT2D eigenvalue weighted by Crippen LogP contribution is 2.18. The number of aromatic nitrogens is 2. The smallest absolute Gasteiger partial charge is 0.328 e. The van der Waals surface area contributed by atoms with Gasteiger partial charge in [0.05, 0.1) is 12.2 Å². The molecule has 0 atom stereocenters. The van der Waals surface area contributed by atoms with Crippen molar-refractivity contribution in [2.45, 2.75) is 19.9 Å². The fourth-order valence-electron chi connectivity index (χ4n) is 1.59. The Balaban J connectivity index is 1.94. The molecular formula is C13H13N3O3S2. The Hall–Kier alpha value is -2.06. The summed E-state index contributed by atoms with van der Waals surface area (Å²) < 4.78 is 3.78. The van der Waals surface area contributed by atoms with Crippen LogP contribution in [0.4, 0.5) is 0 Å². The van der Waals surface area contributed by atoms with Crippen molar-refractivity contribution in [1.29, 1.82) is 0 Å². The molecule has 0 aromatic carbocycles. The highest BCUT2D eigenvalue weighted by molar-refractivity contribution is 7.12. The molecule has 2 aromatic heterocycles. The minimum Gasteiger partial charge on any atom is -0.478 e. The lowest BCUT2D eigenvalue weighted by molar-refractivity contribution is -0.131. The van der Waals surface area contributed by atoms with Crippen molar-refractivity contribution in [2.24, 2.45) is 0 Å². The number of rotatable bonds is 6. The first-order valence-corrected chi connectivity index (χ1v) is 7.78. The number of amides is 1. The predicted molar refractivity (Wildman–Crippen MR) is 81.4 cm³/mol. The average Bonchev–Trinajstić information content (AvgIpc) is 3.11. The quantitative estimate of drug-likeness (QED) is 0.795. The number of hydrogen-bond acceptors (Lipinski definition) is 6. The van der Waals surface area contributed by atoms with E-state index in [1.165, 1.54) is 17.4 Å². The Bertz CT molecular complexity index is 676. The van der Waals surface area contributed by atoms with Crippen molar-refractivity contribution in [3.05, 3.63) is 38.5 Å². The molecule has 2 rings (SSSR count). The van der Waals surface area contributed by atoms with E-state index in [1.54, 1.807) is 0 Å². The normalized spacial score (nSPS) is 10.9. The zero-order valence-corrected chi connectivity index (χ0v) is 12.8. The molecule has 0 bridgehead atoms. The van der Waals surface area contributed by atoms with Crippen LogP contribution < -0.4 is 5.32 Å². The maximum absolute atomic E-state index is 12.0. The molecule has 2 heterocycles. The first kappa shape index (κ1) is 15.3. The highest BCUT2D eigenvalue weighted by atomic mass is 32.1. The second-order valence-electron chi connectivity index (χ2n) is 4.06. The van der Waals surface area contributed by atoms with Crippen molar-refractivity contribution in [2.75, 3.05) is 0 Å². The van der Waals surface area contributed by atoms with Gasteiger partial charge in [-0.2, -0.15) is 0 Å². The molecule has 2 N–H and O–H groups in total. The molecule has 6 nitrogen and oxygen atoms in total. The zero-order chi connectivity index (χ0) is 15.2. The van der Waals surface area contributed by atoms with E-state index in [-0.39, 0.29) is 5.91 Å². The van der Waals surface area contributed by atoms with E-state index < -0.39 is 5.97 Å². The monoisotopic (exact) mass is 323 g/mol. The lowest BCUT2D eigenvalue weighted by atomic mass is 10.3. The number of aliphatic carboxylic acids is 1. The third-order valence-corrected chi connectivity index (χ3v) is 4.41. The van der Waals surface area contributed by atoms with E-state index in [4.69, 9.17) is 5.11 Å². The molecule has 0 fully saturated rings. The number of hydrogen-bond donors (Lipinski definition) is 2. The fourth-order valence-corrected chi connectivity index (χ4v) is 3.11. The number of carbonyl (C=O) groups excluding carboxylic acids is 1. The zero-order valence-electron chi connectivity index (χ0n) is 11.2.